The van der Waals surface area contributed by atoms with Crippen molar-refractivity contribution in [2.75, 3.05) is 0 Å². The number of aromatic nitrogens is 1. The average Bonchev–Trinajstić information content (AvgIpc) is 2.74. The number of benzene rings is 1. The SMILES string of the molecule is C=CCCCCCn1ccc2c(Br)cccc21. The Morgan fingerprint density at radius 1 is 1.18 bits per heavy atom. The fraction of sp³-hybridized carbons (Fsp3) is 0.333. The number of hydrogen-bond acceptors (Lipinski definition) is 0. The molecule has 1 nitrogen and oxygen atoms in total. The number of unbranched alkanes of at least 4 members (excludes halogenated alkanes) is 3. The third-order valence-corrected chi connectivity index (χ3v) is 3.76. The minimum absolute atomic E-state index is 1.11. The molecule has 2 heteroatoms. The van der Waals surface area contributed by atoms with E-state index in [0.29, 0.717) is 0 Å². The second kappa shape index (κ2) is 6.06. The Morgan fingerprint density at radius 2 is 2.06 bits per heavy atom. The maximum atomic E-state index is 3.75. The van der Waals surface area contributed by atoms with Gasteiger partial charge in [0.2, 0.25) is 0 Å². The lowest BCUT2D eigenvalue weighted by atomic mass is 10.2. The minimum Gasteiger partial charge on any atom is -0.347 e. The van der Waals surface area contributed by atoms with Crippen LogP contribution in [0.2, 0.25) is 0 Å². The molecule has 0 amide bonds. The third kappa shape index (κ3) is 3.01. The van der Waals surface area contributed by atoms with Crippen LogP contribution in [0.25, 0.3) is 10.9 Å². The lowest BCUT2D eigenvalue weighted by Gasteiger charge is -2.05. The first-order chi connectivity index (χ1) is 8.33. The van der Waals surface area contributed by atoms with Gasteiger partial charge in [0.25, 0.3) is 0 Å². The highest BCUT2D eigenvalue weighted by atomic mass is 79.9. The van der Waals surface area contributed by atoms with Gasteiger partial charge >= 0.3 is 0 Å². The van der Waals surface area contributed by atoms with Gasteiger partial charge in [0, 0.05) is 28.1 Å². The van der Waals surface area contributed by atoms with Gasteiger partial charge in [0.15, 0.2) is 0 Å². The Balaban J connectivity index is 1.99. The highest BCUT2D eigenvalue weighted by Gasteiger charge is 2.02. The van der Waals surface area contributed by atoms with Crippen LogP contribution in [-0.2, 0) is 6.54 Å². The molecule has 0 N–H and O–H groups in total. The first kappa shape index (κ1) is 12.4. The Labute approximate surface area is 111 Å². The quantitative estimate of drug-likeness (QED) is 0.512. The summed E-state index contributed by atoms with van der Waals surface area (Å²) in [6.45, 7) is 4.86. The van der Waals surface area contributed by atoms with Gasteiger partial charge in [-0.15, -0.1) is 6.58 Å². The fourth-order valence-electron chi connectivity index (χ4n) is 2.13. The van der Waals surface area contributed by atoms with E-state index in [1.54, 1.807) is 0 Å². The van der Waals surface area contributed by atoms with E-state index < -0.39 is 0 Å². The predicted molar refractivity (Wildman–Crippen MR) is 78.3 cm³/mol. The van der Waals surface area contributed by atoms with Gasteiger partial charge < -0.3 is 4.57 Å². The molecule has 17 heavy (non-hydrogen) atoms. The molecule has 2 rings (SSSR count). The molecule has 1 heterocycles. The maximum Gasteiger partial charge on any atom is 0.0491 e. The summed E-state index contributed by atoms with van der Waals surface area (Å²) < 4.78 is 3.52. The first-order valence-corrected chi connectivity index (χ1v) is 6.96. The molecule has 0 fully saturated rings. The number of aryl methyl sites for hydroxylation is 1. The van der Waals surface area contributed by atoms with Crippen LogP contribution in [0.1, 0.15) is 25.7 Å². The summed E-state index contributed by atoms with van der Waals surface area (Å²) in [7, 11) is 0. The molecule has 90 valence electrons. The van der Waals surface area contributed by atoms with Crippen LogP contribution in [0.4, 0.5) is 0 Å². The Bertz CT molecular complexity index is 499. The number of rotatable bonds is 6. The largest absolute Gasteiger partial charge is 0.347 e. The molecule has 0 aliphatic carbocycles. The second-order valence-corrected chi connectivity index (χ2v) is 5.17. The van der Waals surface area contributed by atoms with Crippen molar-refractivity contribution in [1.29, 1.82) is 0 Å². The first-order valence-electron chi connectivity index (χ1n) is 6.17. The molecule has 0 bridgehead atoms. The smallest absolute Gasteiger partial charge is 0.0491 e. The van der Waals surface area contributed by atoms with E-state index in [1.807, 2.05) is 6.08 Å². The number of nitrogens with zero attached hydrogens (tertiary/aromatic N) is 1. The molecule has 0 saturated carbocycles. The molecule has 2 aromatic rings. The van der Waals surface area contributed by atoms with Crippen molar-refractivity contribution in [3.8, 4) is 0 Å². The Hall–Kier alpha value is -1.02. The van der Waals surface area contributed by atoms with Gasteiger partial charge in [-0.05, 0) is 37.5 Å². The van der Waals surface area contributed by atoms with E-state index in [2.05, 4.69) is 57.5 Å². The van der Waals surface area contributed by atoms with E-state index in [1.165, 1.54) is 34.6 Å². The van der Waals surface area contributed by atoms with Crippen molar-refractivity contribution in [2.24, 2.45) is 0 Å². The molecule has 0 unspecified atom stereocenters. The fourth-order valence-corrected chi connectivity index (χ4v) is 2.62. The molecule has 0 radical (unpaired) electrons. The molecular formula is C15H18BrN. The maximum absolute atomic E-state index is 3.75. The van der Waals surface area contributed by atoms with Crippen LogP contribution in [0.5, 0.6) is 0 Å². The molecule has 0 aliphatic heterocycles. The molecule has 0 aliphatic rings. The summed E-state index contributed by atoms with van der Waals surface area (Å²) in [5.74, 6) is 0. The summed E-state index contributed by atoms with van der Waals surface area (Å²) in [4.78, 5) is 0. The van der Waals surface area contributed by atoms with E-state index in [9.17, 15) is 0 Å². The standard InChI is InChI=1S/C15H18BrN/c1-2-3-4-5-6-11-17-12-10-13-14(16)8-7-9-15(13)17/h2,7-10,12H,1,3-6,11H2. The highest BCUT2D eigenvalue weighted by Crippen LogP contribution is 2.24. The monoisotopic (exact) mass is 291 g/mol. The van der Waals surface area contributed by atoms with Crippen LogP contribution in [0.15, 0.2) is 47.6 Å². The van der Waals surface area contributed by atoms with Crippen molar-refractivity contribution in [1.82, 2.24) is 4.57 Å². The number of hydrogen-bond donors (Lipinski definition) is 0. The molecule has 0 spiro atoms. The van der Waals surface area contributed by atoms with Crippen LogP contribution >= 0.6 is 15.9 Å². The summed E-state index contributed by atoms with van der Waals surface area (Å²) in [6, 6.07) is 8.56. The summed E-state index contributed by atoms with van der Waals surface area (Å²) in [5, 5.41) is 1.30. The molecular weight excluding hydrogens is 274 g/mol. The summed E-state index contributed by atoms with van der Waals surface area (Å²) in [5.41, 5.74) is 1.32. The van der Waals surface area contributed by atoms with Crippen LogP contribution in [-0.4, -0.2) is 4.57 Å². The molecule has 0 atom stereocenters. The van der Waals surface area contributed by atoms with E-state index >= 15 is 0 Å². The van der Waals surface area contributed by atoms with Crippen molar-refractivity contribution in [3.63, 3.8) is 0 Å². The average molecular weight is 292 g/mol. The molecule has 1 aromatic heterocycles. The summed E-state index contributed by atoms with van der Waals surface area (Å²) >= 11 is 3.59. The zero-order valence-corrected chi connectivity index (χ0v) is 11.6. The van der Waals surface area contributed by atoms with Crippen molar-refractivity contribution in [3.05, 3.63) is 47.6 Å². The lowest BCUT2D eigenvalue weighted by molar-refractivity contribution is 0.603. The van der Waals surface area contributed by atoms with E-state index in [-0.39, 0.29) is 0 Å². The normalized spacial score (nSPS) is 10.9. The van der Waals surface area contributed by atoms with Gasteiger partial charge in [0.05, 0.1) is 0 Å². The van der Waals surface area contributed by atoms with Gasteiger partial charge in [-0.1, -0.05) is 34.5 Å². The number of allylic oxidation sites excluding steroid dienone is 1. The topological polar surface area (TPSA) is 4.93 Å². The zero-order valence-electron chi connectivity index (χ0n) is 10.0. The van der Waals surface area contributed by atoms with E-state index in [4.69, 9.17) is 0 Å². The van der Waals surface area contributed by atoms with Crippen LogP contribution in [0, 0.1) is 0 Å². The van der Waals surface area contributed by atoms with Gasteiger partial charge in [-0.2, -0.15) is 0 Å². The van der Waals surface area contributed by atoms with Crippen molar-refractivity contribution >= 4 is 26.8 Å². The molecule has 0 saturated heterocycles. The molecule has 1 aromatic carbocycles. The van der Waals surface area contributed by atoms with Gasteiger partial charge in [-0.3, -0.25) is 0 Å². The van der Waals surface area contributed by atoms with Gasteiger partial charge in [0.1, 0.15) is 0 Å². The third-order valence-electron chi connectivity index (χ3n) is 3.07. The number of fused-ring (bicyclic) bond motifs is 1. The van der Waals surface area contributed by atoms with E-state index in [0.717, 1.165) is 13.0 Å². The minimum atomic E-state index is 1.11. The second-order valence-electron chi connectivity index (χ2n) is 4.32. The Kier molecular flexibility index (Phi) is 4.43. The highest BCUT2D eigenvalue weighted by molar-refractivity contribution is 9.10. The Morgan fingerprint density at radius 3 is 2.88 bits per heavy atom. The number of halogens is 1. The van der Waals surface area contributed by atoms with Crippen molar-refractivity contribution in [2.45, 2.75) is 32.2 Å². The van der Waals surface area contributed by atoms with Gasteiger partial charge in [-0.25, -0.2) is 0 Å². The zero-order chi connectivity index (χ0) is 12.1. The van der Waals surface area contributed by atoms with Crippen molar-refractivity contribution < 1.29 is 0 Å². The summed E-state index contributed by atoms with van der Waals surface area (Å²) in [6.07, 6.45) is 9.10. The lowest BCUT2D eigenvalue weighted by Crippen LogP contribution is -1.95. The predicted octanol–water partition coefficient (Wildman–Crippen LogP) is 5.15. The van der Waals surface area contributed by atoms with Crippen LogP contribution in [0.3, 0.4) is 0 Å². The van der Waals surface area contributed by atoms with Crippen LogP contribution < -0.4 is 0 Å².